The minimum atomic E-state index is 1.14. The number of hydrogen-bond acceptors (Lipinski definition) is 1. The molecule has 1 nitrogen and oxygen atoms in total. The summed E-state index contributed by atoms with van der Waals surface area (Å²) in [4.78, 5) is 2.05. The van der Waals surface area contributed by atoms with Crippen molar-refractivity contribution in [2.24, 2.45) is 0 Å². The molecule has 0 aliphatic rings. The predicted octanol–water partition coefficient (Wildman–Crippen LogP) is 2.42. The first-order valence-electron chi connectivity index (χ1n) is 3.71. The number of unbranched alkanes of at least 4 members (excludes halogenated alkanes) is 1. The molecule has 0 aromatic carbocycles. The number of nitrogens with zero attached hydrogens (tertiary/aromatic N) is 1. The molecular weight excluding hydrogens is 122 g/mol. The highest BCUT2D eigenvalue weighted by Gasteiger charge is 1.76. The highest BCUT2D eigenvalue weighted by Crippen LogP contribution is 1.92. The molecule has 0 aliphatic heterocycles. The van der Waals surface area contributed by atoms with Crippen LogP contribution in [0, 0.1) is 0 Å². The monoisotopic (exact) mass is 139 g/mol. The summed E-state index contributed by atoms with van der Waals surface area (Å²) in [6.45, 7) is 2.05. The largest absolute Gasteiger partial charge is 0.384 e. The lowest BCUT2D eigenvalue weighted by Gasteiger charge is -2.01. The summed E-state index contributed by atoms with van der Waals surface area (Å²) in [7, 11) is 4.07. The predicted molar refractivity (Wildman–Crippen MR) is 46.9 cm³/mol. The van der Waals surface area contributed by atoms with Crippen molar-refractivity contribution in [3.8, 4) is 0 Å². The maximum Gasteiger partial charge on any atom is 0.00555 e. The van der Waals surface area contributed by atoms with E-state index in [0.717, 1.165) is 12.8 Å². The molecule has 0 N–H and O–H groups in total. The molecule has 0 spiro atoms. The number of rotatable bonds is 4. The van der Waals surface area contributed by atoms with E-state index in [1.54, 1.807) is 0 Å². The van der Waals surface area contributed by atoms with Crippen LogP contribution in [-0.4, -0.2) is 19.0 Å². The molecular formula is C9H17N. The Morgan fingerprint density at radius 2 is 1.70 bits per heavy atom. The van der Waals surface area contributed by atoms with Gasteiger partial charge in [-0.15, -0.1) is 0 Å². The van der Waals surface area contributed by atoms with Crippen molar-refractivity contribution < 1.29 is 0 Å². The molecule has 0 fully saturated rings. The van der Waals surface area contributed by atoms with Crippen LogP contribution in [0.4, 0.5) is 0 Å². The van der Waals surface area contributed by atoms with E-state index in [0.29, 0.717) is 0 Å². The SMILES string of the molecule is CC=CCCC=CN(C)C. The fraction of sp³-hybridized carbons (Fsp3) is 0.556. The fourth-order valence-corrected chi connectivity index (χ4v) is 0.644. The van der Waals surface area contributed by atoms with Crippen LogP contribution >= 0.6 is 0 Å². The standard InChI is InChI=1S/C9H17N/c1-4-5-6-7-8-9-10(2)3/h4-5,8-9H,6-7H2,1-3H3. The summed E-state index contributed by atoms with van der Waals surface area (Å²) in [5.74, 6) is 0. The van der Waals surface area contributed by atoms with Gasteiger partial charge in [-0.3, -0.25) is 0 Å². The Balaban J connectivity index is 3.18. The van der Waals surface area contributed by atoms with Crippen LogP contribution in [0.3, 0.4) is 0 Å². The first-order valence-corrected chi connectivity index (χ1v) is 3.71. The van der Waals surface area contributed by atoms with Crippen molar-refractivity contribution in [3.05, 3.63) is 24.4 Å². The molecule has 0 aliphatic carbocycles. The third-order valence-corrected chi connectivity index (χ3v) is 1.14. The van der Waals surface area contributed by atoms with Crippen molar-refractivity contribution in [3.63, 3.8) is 0 Å². The molecule has 0 amide bonds. The van der Waals surface area contributed by atoms with Crippen LogP contribution in [-0.2, 0) is 0 Å². The number of hydrogen-bond donors (Lipinski definition) is 0. The van der Waals surface area contributed by atoms with Gasteiger partial charge in [0.25, 0.3) is 0 Å². The summed E-state index contributed by atoms with van der Waals surface area (Å²) < 4.78 is 0. The van der Waals surface area contributed by atoms with Crippen LogP contribution in [0.1, 0.15) is 19.8 Å². The van der Waals surface area contributed by atoms with Crippen molar-refractivity contribution in [2.45, 2.75) is 19.8 Å². The van der Waals surface area contributed by atoms with Gasteiger partial charge < -0.3 is 4.90 Å². The zero-order chi connectivity index (χ0) is 7.82. The van der Waals surface area contributed by atoms with Crippen molar-refractivity contribution in [1.82, 2.24) is 4.90 Å². The van der Waals surface area contributed by atoms with Gasteiger partial charge in [-0.2, -0.15) is 0 Å². The molecule has 0 unspecified atom stereocenters. The molecule has 1 heteroatoms. The van der Waals surface area contributed by atoms with Gasteiger partial charge in [0.1, 0.15) is 0 Å². The Bertz CT molecular complexity index is 112. The lowest BCUT2D eigenvalue weighted by Crippen LogP contribution is -1.99. The molecule has 0 atom stereocenters. The quantitative estimate of drug-likeness (QED) is 0.427. The van der Waals surface area contributed by atoms with E-state index >= 15 is 0 Å². The molecule has 10 heavy (non-hydrogen) atoms. The molecule has 0 rings (SSSR count). The third-order valence-electron chi connectivity index (χ3n) is 1.14. The fourth-order valence-electron chi connectivity index (χ4n) is 0.644. The van der Waals surface area contributed by atoms with Crippen LogP contribution in [0.15, 0.2) is 24.4 Å². The molecule has 0 saturated heterocycles. The van der Waals surface area contributed by atoms with Gasteiger partial charge in [0.2, 0.25) is 0 Å². The lowest BCUT2D eigenvalue weighted by molar-refractivity contribution is 0.561. The molecule has 0 heterocycles. The van der Waals surface area contributed by atoms with E-state index < -0.39 is 0 Å². The van der Waals surface area contributed by atoms with E-state index in [-0.39, 0.29) is 0 Å². The summed E-state index contributed by atoms with van der Waals surface area (Å²) >= 11 is 0. The summed E-state index contributed by atoms with van der Waals surface area (Å²) in [5, 5.41) is 0. The van der Waals surface area contributed by atoms with Gasteiger partial charge >= 0.3 is 0 Å². The first-order chi connectivity index (χ1) is 4.77. The zero-order valence-electron chi connectivity index (χ0n) is 7.17. The topological polar surface area (TPSA) is 3.24 Å². The van der Waals surface area contributed by atoms with Gasteiger partial charge in [-0.25, -0.2) is 0 Å². The molecule has 0 radical (unpaired) electrons. The zero-order valence-corrected chi connectivity index (χ0v) is 7.17. The Morgan fingerprint density at radius 3 is 2.20 bits per heavy atom. The van der Waals surface area contributed by atoms with E-state index in [1.165, 1.54) is 0 Å². The van der Waals surface area contributed by atoms with Crippen LogP contribution in [0.25, 0.3) is 0 Å². The van der Waals surface area contributed by atoms with Crippen LogP contribution in [0.5, 0.6) is 0 Å². The third kappa shape index (κ3) is 7.28. The van der Waals surface area contributed by atoms with E-state index in [4.69, 9.17) is 0 Å². The van der Waals surface area contributed by atoms with E-state index in [2.05, 4.69) is 36.3 Å². The van der Waals surface area contributed by atoms with Crippen molar-refractivity contribution in [2.75, 3.05) is 14.1 Å². The maximum atomic E-state index is 2.18. The van der Waals surface area contributed by atoms with Gasteiger partial charge in [0.05, 0.1) is 0 Å². The van der Waals surface area contributed by atoms with Crippen molar-refractivity contribution in [1.29, 1.82) is 0 Å². The van der Waals surface area contributed by atoms with Gasteiger partial charge in [-0.1, -0.05) is 18.2 Å². The Hall–Kier alpha value is -0.720. The summed E-state index contributed by atoms with van der Waals surface area (Å²) in [6.07, 6.45) is 10.8. The van der Waals surface area contributed by atoms with Crippen LogP contribution < -0.4 is 0 Å². The lowest BCUT2D eigenvalue weighted by atomic mass is 10.3. The van der Waals surface area contributed by atoms with Gasteiger partial charge in [0.15, 0.2) is 0 Å². The van der Waals surface area contributed by atoms with Crippen molar-refractivity contribution >= 4 is 0 Å². The average Bonchev–Trinajstić information content (AvgIpc) is 1.87. The maximum absolute atomic E-state index is 2.18. The minimum Gasteiger partial charge on any atom is -0.384 e. The minimum absolute atomic E-state index is 1.14. The summed E-state index contributed by atoms with van der Waals surface area (Å²) in [6, 6.07) is 0. The normalized spacial score (nSPS) is 11.5. The van der Waals surface area contributed by atoms with E-state index in [9.17, 15) is 0 Å². The highest BCUT2D eigenvalue weighted by atomic mass is 15.0. The van der Waals surface area contributed by atoms with Gasteiger partial charge in [-0.05, 0) is 26.0 Å². The summed E-state index contributed by atoms with van der Waals surface area (Å²) in [5.41, 5.74) is 0. The smallest absolute Gasteiger partial charge is 0.00555 e. The highest BCUT2D eigenvalue weighted by molar-refractivity contribution is 4.84. The van der Waals surface area contributed by atoms with Gasteiger partial charge in [0, 0.05) is 14.1 Å². The molecule has 0 bridgehead atoms. The average molecular weight is 139 g/mol. The Kier molecular flexibility index (Phi) is 5.94. The number of allylic oxidation sites excluding steroid dienone is 3. The second-order valence-electron chi connectivity index (χ2n) is 2.49. The Labute approximate surface area is 64.0 Å². The van der Waals surface area contributed by atoms with Crippen LogP contribution in [0.2, 0.25) is 0 Å². The Morgan fingerprint density at radius 1 is 1.10 bits per heavy atom. The molecule has 0 aromatic rings. The van der Waals surface area contributed by atoms with E-state index in [1.807, 2.05) is 14.1 Å². The second kappa shape index (κ2) is 6.40. The molecule has 58 valence electrons. The first kappa shape index (κ1) is 9.28. The molecule has 0 saturated carbocycles. The second-order valence-corrected chi connectivity index (χ2v) is 2.49. The molecule has 0 aromatic heterocycles.